The minimum absolute atomic E-state index is 0.305. The molecule has 0 fully saturated rings. The fourth-order valence-electron chi connectivity index (χ4n) is 1.94. The zero-order chi connectivity index (χ0) is 15.5. The average Bonchev–Trinajstić information content (AvgIpc) is 3.02. The molecule has 22 heavy (non-hydrogen) atoms. The van der Waals surface area contributed by atoms with Crippen molar-refractivity contribution in [3.05, 3.63) is 34.8 Å². The van der Waals surface area contributed by atoms with Gasteiger partial charge in [0.25, 0.3) is 5.91 Å². The number of para-hydroxylation sites is 1. The summed E-state index contributed by atoms with van der Waals surface area (Å²) in [5.74, 6) is 0.0734. The van der Waals surface area contributed by atoms with Crippen LogP contribution in [0.3, 0.4) is 0 Å². The Morgan fingerprint density at radius 3 is 2.95 bits per heavy atom. The highest BCUT2D eigenvalue weighted by molar-refractivity contribution is 7.17. The summed E-state index contributed by atoms with van der Waals surface area (Å²) in [6.07, 6.45) is 1.35. The van der Waals surface area contributed by atoms with Gasteiger partial charge in [-0.05, 0) is 12.1 Å². The predicted octanol–water partition coefficient (Wildman–Crippen LogP) is 1.95. The molecule has 0 aliphatic carbocycles. The molecule has 0 saturated heterocycles. The Kier molecular flexibility index (Phi) is 3.92. The molecule has 114 valence electrons. The summed E-state index contributed by atoms with van der Waals surface area (Å²) in [6, 6.07) is 5.09. The molecule has 1 aliphatic rings. The third kappa shape index (κ3) is 2.73. The van der Waals surface area contributed by atoms with Crippen LogP contribution < -0.4 is 14.8 Å². The quantitative estimate of drug-likeness (QED) is 0.870. The molecule has 8 heteroatoms. The molecule has 0 atom stereocenters. The average molecular weight is 320 g/mol. The first-order valence-corrected chi connectivity index (χ1v) is 7.25. The zero-order valence-corrected chi connectivity index (χ0v) is 12.4. The van der Waals surface area contributed by atoms with E-state index in [-0.39, 0.29) is 5.91 Å². The summed E-state index contributed by atoms with van der Waals surface area (Å²) >= 11 is 1.04. The maximum Gasteiger partial charge on any atom is 0.349 e. The Hall–Kier alpha value is -2.61. The first-order valence-electron chi connectivity index (χ1n) is 6.43. The van der Waals surface area contributed by atoms with E-state index in [1.807, 2.05) is 0 Å². The number of ether oxygens (including phenoxy) is 3. The number of rotatable bonds is 3. The molecule has 1 N–H and O–H groups in total. The molecule has 7 nitrogen and oxygen atoms in total. The highest BCUT2D eigenvalue weighted by Gasteiger charge is 2.21. The van der Waals surface area contributed by atoms with Crippen molar-refractivity contribution in [3.63, 3.8) is 0 Å². The number of nitrogens with one attached hydrogen (secondary N) is 1. The van der Waals surface area contributed by atoms with Gasteiger partial charge in [-0.15, -0.1) is 0 Å². The number of nitrogens with zero attached hydrogens (tertiary/aromatic N) is 1. The van der Waals surface area contributed by atoms with E-state index in [9.17, 15) is 9.59 Å². The molecule has 2 heterocycles. The Morgan fingerprint density at radius 1 is 1.32 bits per heavy atom. The highest BCUT2D eigenvalue weighted by Crippen LogP contribution is 2.34. The Balaban J connectivity index is 1.80. The SMILES string of the molecule is COC(=O)c1cnc(NC(=O)c2cccc3c2OCCO3)s1. The van der Waals surface area contributed by atoms with Gasteiger partial charge in [-0.1, -0.05) is 17.4 Å². The number of hydrogen-bond acceptors (Lipinski definition) is 7. The molecule has 1 aromatic heterocycles. The number of carbonyl (C=O) groups is 2. The van der Waals surface area contributed by atoms with Crippen molar-refractivity contribution in [2.75, 3.05) is 25.6 Å². The van der Waals surface area contributed by atoms with Crippen molar-refractivity contribution in [2.45, 2.75) is 0 Å². The van der Waals surface area contributed by atoms with Crippen LogP contribution in [0.5, 0.6) is 11.5 Å². The van der Waals surface area contributed by atoms with E-state index in [0.29, 0.717) is 40.3 Å². The number of carbonyl (C=O) groups excluding carboxylic acids is 2. The van der Waals surface area contributed by atoms with Crippen molar-refractivity contribution >= 4 is 28.3 Å². The highest BCUT2D eigenvalue weighted by atomic mass is 32.1. The van der Waals surface area contributed by atoms with Crippen molar-refractivity contribution in [2.24, 2.45) is 0 Å². The number of esters is 1. The lowest BCUT2D eigenvalue weighted by atomic mass is 10.1. The predicted molar refractivity (Wildman–Crippen MR) is 78.8 cm³/mol. The van der Waals surface area contributed by atoms with Crippen LogP contribution in [0.1, 0.15) is 20.0 Å². The van der Waals surface area contributed by atoms with Gasteiger partial charge >= 0.3 is 5.97 Å². The van der Waals surface area contributed by atoms with Crippen LogP contribution in [-0.4, -0.2) is 37.2 Å². The molecule has 3 rings (SSSR count). The second-order valence-corrected chi connectivity index (χ2v) is 5.34. The van der Waals surface area contributed by atoms with E-state index in [0.717, 1.165) is 11.3 Å². The Morgan fingerprint density at radius 2 is 2.14 bits per heavy atom. The Bertz CT molecular complexity index is 728. The van der Waals surface area contributed by atoms with Crippen LogP contribution in [0.15, 0.2) is 24.4 Å². The van der Waals surface area contributed by atoms with Crippen molar-refractivity contribution < 1.29 is 23.8 Å². The largest absolute Gasteiger partial charge is 0.486 e. The topological polar surface area (TPSA) is 86.8 Å². The lowest BCUT2D eigenvalue weighted by Gasteiger charge is -2.20. The second-order valence-electron chi connectivity index (χ2n) is 4.31. The molecule has 0 radical (unpaired) electrons. The summed E-state index contributed by atoms with van der Waals surface area (Å²) in [7, 11) is 1.29. The van der Waals surface area contributed by atoms with Crippen LogP contribution in [-0.2, 0) is 4.74 Å². The molecule has 0 unspecified atom stereocenters. The third-order valence-electron chi connectivity index (χ3n) is 2.92. The van der Waals surface area contributed by atoms with Gasteiger partial charge in [0.2, 0.25) is 0 Å². The van der Waals surface area contributed by atoms with E-state index in [1.54, 1.807) is 18.2 Å². The number of anilines is 1. The number of thiazole rings is 1. The summed E-state index contributed by atoms with van der Waals surface area (Å²) in [5, 5.41) is 2.94. The zero-order valence-electron chi connectivity index (χ0n) is 11.6. The van der Waals surface area contributed by atoms with Gasteiger partial charge in [0.05, 0.1) is 18.9 Å². The molecule has 1 amide bonds. The van der Waals surface area contributed by atoms with Gasteiger partial charge in [0.15, 0.2) is 16.6 Å². The fourth-order valence-corrected chi connectivity index (χ4v) is 2.67. The maximum atomic E-state index is 12.3. The third-order valence-corrected chi connectivity index (χ3v) is 3.82. The lowest BCUT2D eigenvalue weighted by Crippen LogP contribution is -2.20. The maximum absolute atomic E-state index is 12.3. The van der Waals surface area contributed by atoms with Crippen LogP contribution in [0.2, 0.25) is 0 Å². The number of amides is 1. The standard InChI is InChI=1S/C14H12N2O5S/c1-19-13(18)10-7-15-14(22-10)16-12(17)8-3-2-4-9-11(8)21-6-5-20-9/h2-4,7H,5-6H2,1H3,(H,15,16,17). The number of fused-ring (bicyclic) bond motifs is 1. The fraction of sp³-hybridized carbons (Fsp3) is 0.214. The van der Waals surface area contributed by atoms with E-state index >= 15 is 0 Å². The molecule has 1 aromatic carbocycles. The first-order chi connectivity index (χ1) is 10.7. The van der Waals surface area contributed by atoms with Crippen LogP contribution in [0.25, 0.3) is 0 Å². The Labute approximate surface area is 129 Å². The van der Waals surface area contributed by atoms with E-state index in [1.165, 1.54) is 13.3 Å². The smallest absolute Gasteiger partial charge is 0.349 e. The summed E-state index contributed by atoms with van der Waals surface area (Å²) in [5.41, 5.74) is 0.354. The molecule has 1 aliphatic heterocycles. The van der Waals surface area contributed by atoms with Crippen LogP contribution in [0.4, 0.5) is 5.13 Å². The molecule has 0 bridgehead atoms. The molecule has 0 saturated carbocycles. The van der Waals surface area contributed by atoms with Crippen molar-refractivity contribution in [1.29, 1.82) is 0 Å². The van der Waals surface area contributed by atoms with Gasteiger partial charge in [-0.2, -0.15) is 0 Å². The van der Waals surface area contributed by atoms with Crippen LogP contribution >= 0.6 is 11.3 Å². The van der Waals surface area contributed by atoms with E-state index < -0.39 is 5.97 Å². The van der Waals surface area contributed by atoms with Gasteiger partial charge in [-0.25, -0.2) is 9.78 Å². The molecular formula is C14H12N2O5S. The van der Waals surface area contributed by atoms with Gasteiger partial charge in [-0.3, -0.25) is 10.1 Å². The van der Waals surface area contributed by atoms with E-state index in [2.05, 4.69) is 15.0 Å². The lowest BCUT2D eigenvalue weighted by molar-refractivity contribution is 0.0606. The molecule has 0 spiro atoms. The number of benzene rings is 1. The number of aromatic nitrogens is 1. The number of methoxy groups -OCH3 is 1. The van der Waals surface area contributed by atoms with Crippen LogP contribution in [0, 0.1) is 0 Å². The van der Waals surface area contributed by atoms with Crippen molar-refractivity contribution in [3.8, 4) is 11.5 Å². The van der Waals surface area contributed by atoms with Gasteiger partial charge < -0.3 is 14.2 Å². The molecular weight excluding hydrogens is 308 g/mol. The minimum atomic E-state index is -0.494. The normalized spacial score (nSPS) is 12.6. The number of hydrogen-bond donors (Lipinski definition) is 1. The summed E-state index contributed by atoms with van der Waals surface area (Å²) < 4.78 is 15.5. The molecule has 2 aromatic rings. The van der Waals surface area contributed by atoms with Crippen molar-refractivity contribution in [1.82, 2.24) is 4.98 Å². The minimum Gasteiger partial charge on any atom is -0.486 e. The summed E-state index contributed by atoms with van der Waals surface area (Å²) in [6.45, 7) is 0.841. The first kappa shape index (κ1) is 14.3. The van der Waals surface area contributed by atoms with Gasteiger partial charge in [0.1, 0.15) is 18.1 Å². The summed E-state index contributed by atoms with van der Waals surface area (Å²) in [4.78, 5) is 28.0. The second kappa shape index (κ2) is 6.02. The monoisotopic (exact) mass is 320 g/mol. The van der Waals surface area contributed by atoms with E-state index in [4.69, 9.17) is 9.47 Å². The van der Waals surface area contributed by atoms with Gasteiger partial charge in [0, 0.05) is 0 Å².